The summed E-state index contributed by atoms with van der Waals surface area (Å²) >= 11 is 0. The number of fused-ring (bicyclic) bond motifs is 1. The van der Waals surface area contributed by atoms with Crippen molar-refractivity contribution in [3.63, 3.8) is 0 Å². The summed E-state index contributed by atoms with van der Waals surface area (Å²) in [4.78, 5) is 11.8. The first-order valence-electron chi connectivity index (χ1n) is 6.49. The highest BCUT2D eigenvalue weighted by molar-refractivity contribution is 5.85. The molecule has 0 atom stereocenters. The van der Waals surface area contributed by atoms with Gasteiger partial charge < -0.3 is 10.1 Å². The molecule has 0 aliphatic heterocycles. The second kappa shape index (κ2) is 7.47. The van der Waals surface area contributed by atoms with Gasteiger partial charge in [-0.15, -0.1) is 12.4 Å². The molecule has 20 heavy (non-hydrogen) atoms. The Bertz CT molecular complexity index is 619. The predicted molar refractivity (Wildman–Crippen MR) is 83.6 cm³/mol. The third kappa shape index (κ3) is 3.42. The zero-order chi connectivity index (χ0) is 13.8. The number of hydrogen-bond acceptors (Lipinski definition) is 3. The summed E-state index contributed by atoms with van der Waals surface area (Å²) in [7, 11) is 5.32. The van der Waals surface area contributed by atoms with Crippen LogP contribution in [-0.2, 0) is 25.4 Å². The fraction of sp³-hybridized carbons (Fsp3) is 0.500. The highest BCUT2D eigenvalue weighted by Gasteiger charge is 2.07. The first-order chi connectivity index (χ1) is 9.15. The molecule has 0 saturated carbocycles. The molecule has 5 nitrogen and oxygen atoms in total. The number of imidazole rings is 1. The highest BCUT2D eigenvalue weighted by atomic mass is 35.5. The van der Waals surface area contributed by atoms with Crippen LogP contribution in [0, 0.1) is 0 Å². The molecule has 0 radical (unpaired) electrons. The summed E-state index contributed by atoms with van der Waals surface area (Å²) < 4.78 is 8.36. The number of benzene rings is 1. The van der Waals surface area contributed by atoms with E-state index in [1.807, 2.05) is 6.07 Å². The van der Waals surface area contributed by atoms with Crippen LogP contribution in [0.2, 0.25) is 0 Å². The van der Waals surface area contributed by atoms with E-state index in [-0.39, 0.29) is 18.1 Å². The maximum atomic E-state index is 11.8. The van der Waals surface area contributed by atoms with E-state index in [2.05, 4.69) is 17.4 Å². The number of rotatable bonds is 6. The number of hydrogen-bond donors (Lipinski definition) is 1. The average molecular weight is 300 g/mol. The number of aryl methyl sites for hydroxylation is 2. The fourth-order valence-electron chi connectivity index (χ4n) is 2.24. The quantitative estimate of drug-likeness (QED) is 0.821. The van der Waals surface area contributed by atoms with Crippen molar-refractivity contribution in [1.82, 2.24) is 14.5 Å². The van der Waals surface area contributed by atoms with Crippen LogP contribution in [-0.4, -0.2) is 29.4 Å². The lowest BCUT2D eigenvalue weighted by atomic mass is 10.2. The molecule has 1 N–H and O–H groups in total. The van der Waals surface area contributed by atoms with Gasteiger partial charge in [0.2, 0.25) is 0 Å². The molecule has 0 spiro atoms. The van der Waals surface area contributed by atoms with E-state index in [0.29, 0.717) is 0 Å². The predicted octanol–water partition coefficient (Wildman–Crippen LogP) is 1.42. The van der Waals surface area contributed by atoms with Gasteiger partial charge in [-0.2, -0.15) is 0 Å². The standard InChI is InChI=1S/C14H21N3O2.ClH/c1-16-12-6-5-11(10-15-7-4-8-19-3)9-13(12)17(2)14(16)18;/h5-6,9,15H,4,7-8,10H2,1-3H3;1H. The number of ether oxygens (including phenoxy) is 1. The number of halogens is 1. The SMILES string of the molecule is COCCCNCc1ccc2c(c1)n(C)c(=O)n2C.Cl. The van der Waals surface area contributed by atoms with Gasteiger partial charge in [-0.05, 0) is 30.7 Å². The molecule has 0 aliphatic carbocycles. The second-order valence-corrected chi connectivity index (χ2v) is 4.75. The van der Waals surface area contributed by atoms with Crippen LogP contribution in [0.25, 0.3) is 11.0 Å². The van der Waals surface area contributed by atoms with Gasteiger partial charge in [-0.1, -0.05) is 6.07 Å². The van der Waals surface area contributed by atoms with E-state index in [0.717, 1.165) is 37.2 Å². The van der Waals surface area contributed by atoms with Crippen molar-refractivity contribution < 1.29 is 4.74 Å². The summed E-state index contributed by atoms with van der Waals surface area (Å²) in [5.74, 6) is 0. The minimum atomic E-state index is 0. The van der Waals surface area contributed by atoms with E-state index >= 15 is 0 Å². The lowest BCUT2D eigenvalue weighted by molar-refractivity contribution is 0.194. The summed E-state index contributed by atoms with van der Waals surface area (Å²) in [6.45, 7) is 2.52. The Morgan fingerprint density at radius 2 is 1.90 bits per heavy atom. The summed E-state index contributed by atoms with van der Waals surface area (Å²) in [5, 5.41) is 3.37. The molecule has 0 amide bonds. The largest absolute Gasteiger partial charge is 0.385 e. The molecule has 0 saturated heterocycles. The molecule has 1 aromatic carbocycles. The number of methoxy groups -OCH3 is 1. The Morgan fingerprint density at radius 1 is 1.20 bits per heavy atom. The summed E-state index contributed by atoms with van der Waals surface area (Å²) in [6, 6.07) is 6.13. The molecule has 1 heterocycles. The maximum Gasteiger partial charge on any atom is 0.328 e. The van der Waals surface area contributed by atoms with Crippen molar-refractivity contribution in [2.45, 2.75) is 13.0 Å². The third-order valence-corrected chi connectivity index (χ3v) is 3.37. The van der Waals surface area contributed by atoms with E-state index in [9.17, 15) is 4.79 Å². The molecule has 1 aromatic heterocycles. The number of nitrogens with zero attached hydrogens (tertiary/aromatic N) is 2. The fourth-order valence-corrected chi connectivity index (χ4v) is 2.24. The van der Waals surface area contributed by atoms with Crippen molar-refractivity contribution in [1.29, 1.82) is 0 Å². The van der Waals surface area contributed by atoms with Crippen LogP contribution >= 0.6 is 12.4 Å². The molecular formula is C14H22ClN3O2. The Balaban J connectivity index is 0.00000200. The minimum absolute atomic E-state index is 0. The van der Waals surface area contributed by atoms with Crippen molar-refractivity contribution >= 4 is 23.4 Å². The average Bonchev–Trinajstić information content (AvgIpc) is 2.64. The van der Waals surface area contributed by atoms with Crippen molar-refractivity contribution in [3.8, 4) is 0 Å². The molecule has 6 heteroatoms. The van der Waals surface area contributed by atoms with E-state index < -0.39 is 0 Å². The monoisotopic (exact) mass is 299 g/mol. The molecule has 112 valence electrons. The normalized spacial score (nSPS) is 10.8. The van der Waals surface area contributed by atoms with E-state index in [4.69, 9.17) is 4.74 Å². The van der Waals surface area contributed by atoms with Gasteiger partial charge in [-0.25, -0.2) is 4.79 Å². The van der Waals surface area contributed by atoms with Crippen molar-refractivity contribution in [2.24, 2.45) is 14.1 Å². The van der Waals surface area contributed by atoms with Gasteiger partial charge in [0.05, 0.1) is 11.0 Å². The molecule has 2 rings (SSSR count). The lowest BCUT2D eigenvalue weighted by Crippen LogP contribution is -2.19. The molecule has 0 unspecified atom stereocenters. The third-order valence-electron chi connectivity index (χ3n) is 3.37. The first kappa shape index (κ1) is 16.8. The van der Waals surface area contributed by atoms with Crippen LogP contribution < -0.4 is 11.0 Å². The van der Waals surface area contributed by atoms with Gasteiger partial charge in [0.1, 0.15) is 0 Å². The van der Waals surface area contributed by atoms with Crippen molar-refractivity contribution in [2.75, 3.05) is 20.3 Å². The molecular weight excluding hydrogens is 278 g/mol. The van der Waals surface area contributed by atoms with Crippen LogP contribution in [0.15, 0.2) is 23.0 Å². The van der Waals surface area contributed by atoms with Crippen LogP contribution in [0.3, 0.4) is 0 Å². The molecule has 0 bridgehead atoms. The number of aromatic nitrogens is 2. The highest BCUT2D eigenvalue weighted by Crippen LogP contribution is 2.13. The Labute approximate surface area is 124 Å². The zero-order valence-corrected chi connectivity index (χ0v) is 13.0. The summed E-state index contributed by atoms with van der Waals surface area (Å²) in [6.07, 6.45) is 1.00. The molecule has 0 fully saturated rings. The molecule has 0 aliphatic rings. The number of nitrogens with one attached hydrogen (secondary N) is 1. The van der Waals surface area contributed by atoms with Crippen LogP contribution in [0.4, 0.5) is 0 Å². The van der Waals surface area contributed by atoms with E-state index in [1.54, 1.807) is 30.3 Å². The van der Waals surface area contributed by atoms with Gasteiger partial charge in [-0.3, -0.25) is 9.13 Å². The van der Waals surface area contributed by atoms with Crippen LogP contribution in [0.1, 0.15) is 12.0 Å². The lowest BCUT2D eigenvalue weighted by Gasteiger charge is -2.05. The first-order valence-corrected chi connectivity index (χ1v) is 6.49. The van der Waals surface area contributed by atoms with Crippen molar-refractivity contribution in [3.05, 3.63) is 34.2 Å². The zero-order valence-electron chi connectivity index (χ0n) is 12.2. The minimum Gasteiger partial charge on any atom is -0.385 e. The summed E-state index contributed by atoms with van der Waals surface area (Å²) in [5.41, 5.74) is 3.14. The maximum absolute atomic E-state index is 11.8. The smallest absolute Gasteiger partial charge is 0.328 e. The second-order valence-electron chi connectivity index (χ2n) is 4.75. The topological polar surface area (TPSA) is 48.2 Å². The van der Waals surface area contributed by atoms with E-state index in [1.165, 1.54) is 5.56 Å². The van der Waals surface area contributed by atoms with Gasteiger partial charge in [0, 0.05) is 34.4 Å². The Hall–Kier alpha value is -1.30. The Morgan fingerprint density at radius 3 is 2.60 bits per heavy atom. The van der Waals surface area contributed by atoms with Gasteiger partial charge in [0.25, 0.3) is 0 Å². The van der Waals surface area contributed by atoms with Gasteiger partial charge >= 0.3 is 5.69 Å². The Kier molecular flexibility index (Phi) is 6.26. The molecule has 2 aromatic rings. The van der Waals surface area contributed by atoms with Gasteiger partial charge in [0.15, 0.2) is 0 Å². The van der Waals surface area contributed by atoms with Crippen LogP contribution in [0.5, 0.6) is 0 Å².